The fraction of sp³-hybridized carbons (Fsp3) is 0.133. The Morgan fingerprint density at radius 1 is 1.00 bits per heavy atom. The molecule has 116 valence electrons. The van der Waals surface area contributed by atoms with E-state index in [0.29, 0.717) is 31.3 Å². The minimum atomic E-state index is -0.826. The van der Waals surface area contributed by atoms with Crippen LogP contribution in [0.3, 0.4) is 0 Å². The van der Waals surface area contributed by atoms with E-state index in [4.69, 9.17) is 51.1 Å². The molecule has 7 heteroatoms. The first-order valence-corrected chi connectivity index (χ1v) is 7.68. The van der Waals surface area contributed by atoms with Crippen LogP contribution < -0.4 is 5.32 Å². The first kappa shape index (κ1) is 17.2. The number of ether oxygens (including phenoxy) is 1. The van der Waals surface area contributed by atoms with Crippen LogP contribution in [0, 0.1) is 0 Å². The van der Waals surface area contributed by atoms with Crippen LogP contribution in [0.4, 0.5) is 5.69 Å². The number of anilines is 1. The number of hydrogen-bond acceptors (Lipinski definition) is 3. The van der Waals surface area contributed by atoms with Gasteiger partial charge in [0.2, 0.25) is 0 Å². The lowest BCUT2D eigenvalue weighted by molar-refractivity contribution is -0.141. The number of benzene rings is 2. The van der Waals surface area contributed by atoms with E-state index in [-0.39, 0.29) is 0 Å². The van der Waals surface area contributed by atoms with E-state index in [9.17, 15) is 4.79 Å². The van der Waals surface area contributed by atoms with Crippen molar-refractivity contribution in [2.75, 3.05) is 12.4 Å². The van der Waals surface area contributed by atoms with Gasteiger partial charge in [-0.2, -0.15) is 0 Å². The number of esters is 1. The van der Waals surface area contributed by atoms with E-state index >= 15 is 0 Å². The molecule has 0 aromatic heterocycles. The van der Waals surface area contributed by atoms with Gasteiger partial charge in [0.1, 0.15) is 0 Å². The molecule has 2 aromatic rings. The summed E-state index contributed by atoms with van der Waals surface area (Å²) in [6, 6.07) is 9.16. The van der Waals surface area contributed by atoms with Gasteiger partial charge in [0, 0.05) is 10.6 Å². The maximum atomic E-state index is 12.1. The number of hydrogen-bond donors (Lipinski definition) is 1. The fourth-order valence-electron chi connectivity index (χ4n) is 1.88. The van der Waals surface area contributed by atoms with Crippen molar-refractivity contribution in [3.05, 3.63) is 62.1 Å². The molecule has 0 saturated carbocycles. The van der Waals surface area contributed by atoms with Crippen LogP contribution in [-0.4, -0.2) is 13.1 Å². The van der Waals surface area contributed by atoms with Crippen molar-refractivity contribution < 1.29 is 9.53 Å². The Hall–Kier alpha value is -1.13. The van der Waals surface area contributed by atoms with Crippen molar-refractivity contribution >= 4 is 58.1 Å². The van der Waals surface area contributed by atoms with Crippen molar-refractivity contribution in [1.82, 2.24) is 0 Å². The minimum Gasteiger partial charge on any atom is -0.467 e. The standard InChI is InChI=1S/C15H11Cl4NO2/c1-22-15(21)14(8-4-2-3-5-9(8)16)20-13-7-11(18)10(17)6-12(13)19/h2-7,14,20H,1H3. The second-order valence-electron chi connectivity index (χ2n) is 4.37. The minimum absolute atomic E-state index is 0.316. The summed E-state index contributed by atoms with van der Waals surface area (Å²) in [6.07, 6.45) is 0. The largest absolute Gasteiger partial charge is 0.467 e. The van der Waals surface area contributed by atoms with Gasteiger partial charge in [-0.1, -0.05) is 64.6 Å². The molecule has 1 unspecified atom stereocenters. The summed E-state index contributed by atoms with van der Waals surface area (Å²) in [6.45, 7) is 0. The third-order valence-electron chi connectivity index (χ3n) is 2.96. The summed E-state index contributed by atoms with van der Waals surface area (Å²) in [5.74, 6) is -0.504. The summed E-state index contributed by atoms with van der Waals surface area (Å²) in [5, 5.41) is 4.39. The Morgan fingerprint density at radius 3 is 2.27 bits per heavy atom. The van der Waals surface area contributed by atoms with Crippen LogP contribution in [0.1, 0.15) is 11.6 Å². The van der Waals surface area contributed by atoms with Crippen LogP contribution in [0.5, 0.6) is 0 Å². The summed E-state index contributed by atoms with van der Waals surface area (Å²) in [5.41, 5.74) is 1.02. The van der Waals surface area contributed by atoms with E-state index in [1.54, 1.807) is 30.3 Å². The summed E-state index contributed by atoms with van der Waals surface area (Å²) in [4.78, 5) is 12.1. The summed E-state index contributed by atoms with van der Waals surface area (Å²) < 4.78 is 4.83. The molecule has 0 amide bonds. The highest BCUT2D eigenvalue weighted by Gasteiger charge is 2.24. The second kappa shape index (κ2) is 7.42. The van der Waals surface area contributed by atoms with Gasteiger partial charge >= 0.3 is 5.97 Å². The third-order valence-corrected chi connectivity index (χ3v) is 4.34. The van der Waals surface area contributed by atoms with Crippen molar-refractivity contribution in [2.24, 2.45) is 0 Å². The molecule has 22 heavy (non-hydrogen) atoms. The number of carbonyl (C=O) groups excluding carboxylic acids is 1. The highest BCUT2D eigenvalue weighted by atomic mass is 35.5. The van der Waals surface area contributed by atoms with Gasteiger partial charge in [0.05, 0.1) is 27.9 Å². The molecule has 2 rings (SSSR count). The Balaban J connectivity index is 2.43. The van der Waals surface area contributed by atoms with Crippen molar-refractivity contribution in [3.8, 4) is 0 Å². The lowest BCUT2D eigenvalue weighted by atomic mass is 10.1. The van der Waals surface area contributed by atoms with Gasteiger partial charge in [0.25, 0.3) is 0 Å². The number of methoxy groups -OCH3 is 1. The van der Waals surface area contributed by atoms with Crippen LogP contribution >= 0.6 is 46.4 Å². The SMILES string of the molecule is COC(=O)C(Nc1cc(Cl)c(Cl)cc1Cl)c1ccccc1Cl. The molecular formula is C15H11Cl4NO2. The monoisotopic (exact) mass is 377 g/mol. The average molecular weight is 379 g/mol. The Labute approximate surface area is 148 Å². The zero-order chi connectivity index (χ0) is 16.3. The smallest absolute Gasteiger partial charge is 0.333 e. The Morgan fingerprint density at radius 2 is 1.64 bits per heavy atom. The maximum Gasteiger partial charge on any atom is 0.333 e. The molecule has 0 radical (unpaired) electrons. The molecule has 3 nitrogen and oxygen atoms in total. The van der Waals surface area contributed by atoms with Crippen LogP contribution in [0.15, 0.2) is 36.4 Å². The summed E-state index contributed by atoms with van der Waals surface area (Å²) in [7, 11) is 1.30. The van der Waals surface area contributed by atoms with E-state index in [1.807, 2.05) is 0 Å². The van der Waals surface area contributed by atoms with E-state index in [1.165, 1.54) is 13.2 Å². The summed E-state index contributed by atoms with van der Waals surface area (Å²) >= 11 is 24.2. The molecule has 0 saturated heterocycles. The van der Waals surface area contributed by atoms with Crippen molar-refractivity contribution in [1.29, 1.82) is 0 Å². The lowest BCUT2D eigenvalue weighted by Gasteiger charge is -2.20. The molecule has 0 aliphatic carbocycles. The predicted molar refractivity (Wildman–Crippen MR) is 91.3 cm³/mol. The molecule has 0 heterocycles. The fourth-order valence-corrected chi connectivity index (χ4v) is 2.73. The molecule has 1 N–H and O–H groups in total. The number of carbonyl (C=O) groups is 1. The first-order valence-electron chi connectivity index (χ1n) is 6.17. The number of nitrogens with one attached hydrogen (secondary N) is 1. The lowest BCUT2D eigenvalue weighted by Crippen LogP contribution is -2.22. The van der Waals surface area contributed by atoms with Crippen LogP contribution in [-0.2, 0) is 9.53 Å². The zero-order valence-electron chi connectivity index (χ0n) is 11.4. The van der Waals surface area contributed by atoms with Crippen molar-refractivity contribution in [3.63, 3.8) is 0 Å². The Kier molecular flexibility index (Phi) is 5.81. The van der Waals surface area contributed by atoms with Gasteiger partial charge in [-0.05, 0) is 18.2 Å². The van der Waals surface area contributed by atoms with E-state index in [2.05, 4.69) is 5.32 Å². The molecule has 2 aromatic carbocycles. The van der Waals surface area contributed by atoms with Gasteiger partial charge in [-0.15, -0.1) is 0 Å². The Bertz CT molecular complexity index is 706. The topological polar surface area (TPSA) is 38.3 Å². The van der Waals surface area contributed by atoms with Gasteiger partial charge < -0.3 is 10.1 Å². The highest BCUT2D eigenvalue weighted by molar-refractivity contribution is 6.44. The first-order chi connectivity index (χ1) is 10.4. The molecule has 0 aliphatic rings. The average Bonchev–Trinajstić information content (AvgIpc) is 2.50. The quantitative estimate of drug-likeness (QED) is 0.553. The third kappa shape index (κ3) is 3.79. The van der Waals surface area contributed by atoms with Crippen LogP contribution in [0.2, 0.25) is 20.1 Å². The molecule has 0 spiro atoms. The van der Waals surface area contributed by atoms with E-state index in [0.717, 1.165) is 0 Å². The molecule has 0 aliphatic heterocycles. The normalized spacial score (nSPS) is 11.9. The highest BCUT2D eigenvalue weighted by Crippen LogP contribution is 2.35. The molecule has 1 atom stereocenters. The zero-order valence-corrected chi connectivity index (χ0v) is 14.4. The van der Waals surface area contributed by atoms with Crippen LogP contribution in [0.25, 0.3) is 0 Å². The number of halogens is 4. The second-order valence-corrected chi connectivity index (χ2v) is 6.00. The maximum absolute atomic E-state index is 12.1. The van der Waals surface area contributed by atoms with Gasteiger partial charge in [-0.25, -0.2) is 4.79 Å². The molecular weight excluding hydrogens is 368 g/mol. The molecule has 0 fully saturated rings. The number of rotatable bonds is 4. The predicted octanol–water partition coefficient (Wildman–Crippen LogP) is 5.63. The van der Waals surface area contributed by atoms with Gasteiger partial charge in [0.15, 0.2) is 6.04 Å². The molecule has 0 bridgehead atoms. The van der Waals surface area contributed by atoms with E-state index < -0.39 is 12.0 Å². The van der Waals surface area contributed by atoms with Crippen molar-refractivity contribution in [2.45, 2.75) is 6.04 Å². The van der Waals surface area contributed by atoms with Gasteiger partial charge in [-0.3, -0.25) is 0 Å².